The normalized spacial score (nSPS) is 12.3. The number of benzene rings is 1. The standard InChI is InChI=1S/C18H18N2O3/c1-13(16-11-14-7-3-4-8-15(14)23-16)19(2)18(22)12-20-10-6-5-9-17(20)21/h3-11,13H,12H2,1-2H3. The number of nitrogens with zero attached hydrogens (tertiary/aromatic N) is 2. The maximum atomic E-state index is 12.4. The van der Waals surface area contributed by atoms with Crippen LogP contribution < -0.4 is 5.56 Å². The number of rotatable bonds is 4. The third-order valence-corrected chi connectivity index (χ3v) is 4.04. The molecule has 0 N–H and O–H groups in total. The number of furan rings is 1. The second kappa shape index (κ2) is 6.12. The first-order chi connectivity index (χ1) is 11.1. The first-order valence-electron chi connectivity index (χ1n) is 7.46. The lowest BCUT2D eigenvalue weighted by Gasteiger charge is -2.23. The van der Waals surface area contributed by atoms with Gasteiger partial charge in [-0.25, -0.2) is 0 Å². The average molecular weight is 310 g/mol. The van der Waals surface area contributed by atoms with Gasteiger partial charge >= 0.3 is 0 Å². The van der Waals surface area contributed by atoms with Crippen LogP contribution in [0.1, 0.15) is 18.7 Å². The van der Waals surface area contributed by atoms with Gasteiger partial charge in [-0.3, -0.25) is 9.59 Å². The number of aromatic nitrogens is 1. The van der Waals surface area contributed by atoms with Crippen LogP contribution in [0, 0.1) is 0 Å². The van der Waals surface area contributed by atoms with Gasteiger partial charge in [0.1, 0.15) is 17.9 Å². The Morgan fingerprint density at radius 3 is 2.70 bits per heavy atom. The Hall–Kier alpha value is -2.82. The number of hydrogen-bond donors (Lipinski definition) is 0. The zero-order valence-electron chi connectivity index (χ0n) is 13.1. The Labute approximate surface area is 133 Å². The summed E-state index contributed by atoms with van der Waals surface area (Å²) >= 11 is 0. The molecule has 1 amide bonds. The summed E-state index contributed by atoms with van der Waals surface area (Å²) in [5.74, 6) is 0.578. The molecule has 2 heterocycles. The van der Waals surface area contributed by atoms with Crippen molar-refractivity contribution in [3.05, 3.63) is 70.8 Å². The van der Waals surface area contributed by atoms with Crippen LogP contribution in [0.2, 0.25) is 0 Å². The summed E-state index contributed by atoms with van der Waals surface area (Å²) in [4.78, 5) is 25.7. The van der Waals surface area contributed by atoms with Gasteiger partial charge < -0.3 is 13.9 Å². The predicted octanol–water partition coefficient (Wildman–Crippen LogP) is 2.81. The lowest BCUT2D eigenvalue weighted by atomic mass is 10.2. The smallest absolute Gasteiger partial charge is 0.250 e. The van der Waals surface area contributed by atoms with Crippen molar-refractivity contribution in [2.24, 2.45) is 0 Å². The number of hydrogen-bond acceptors (Lipinski definition) is 3. The highest BCUT2D eigenvalue weighted by atomic mass is 16.3. The minimum Gasteiger partial charge on any atom is -0.459 e. The zero-order chi connectivity index (χ0) is 16.4. The lowest BCUT2D eigenvalue weighted by Crippen LogP contribution is -2.35. The SMILES string of the molecule is CC(c1cc2ccccc2o1)N(C)C(=O)Cn1ccccc1=O. The molecule has 1 atom stereocenters. The van der Waals surface area contributed by atoms with Gasteiger partial charge in [0.15, 0.2) is 0 Å². The van der Waals surface area contributed by atoms with Gasteiger partial charge in [0.2, 0.25) is 5.91 Å². The summed E-state index contributed by atoms with van der Waals surface area (Å²) in [7, 11) is 1.72. The minimum atomic E-state index is -0.214. The maximum absolute atomic E-state index is 12.4. The van der Waals surface area contributed by atoms with Gasteiger partial charge in [-0.2, -0.15) is 0 Å². The summed E-state index contributed by atoms with van der Waals surface area (Å²) in [6, 6.07) is 14.3. The molecule has 0 aliphatic heterocycles. The third-order valence-electron chi connectivity index (χ3n) is 4.04. The Morgan fingerprint density at radius 1 is 1.22 bits per heavy atom. The van der Waals surface area contributed by atoms with Crippen LogP contribution in [0.4, 0.5) is 0 Å². The highest BCUT2D eigenvalue weighted by molar-refractivity contribution is 5.79. The minimum absolute atomic E-state index is 0.0146. The number of carbonyl (C=O) groups excluding carboxylic acids is 1. The topological polar surface area (TPSA) is 55.5 Å². The van der Waals surface area contributed by atoms with E-state index in [9.17, 15) is 9.59 Å². The number of amides is 1. The van der Waals surface area contributed by atoms with Gasteiger partial charge in [0.25, 0.3) is 5.56 Å². The maximum Gasteiger partial charge on any atom is 0.250 e. The summed E-state index contributed by atoms with van der Waals surface area (Å²) < 4.78 is 7.21. The molecule has 1 unspecified atom stereocenters. The van der Waals surface area contributed by atoms with E-state index < -0.39 is 0 Å². The van der Waals surface area contributed by atoms with E-state index in [1.54, 1.807) is 30.3 Å². The Morgan fingerprint density at radius 2 is 1.96 bits per heavy atom. The lowest BCUT2D eigenvalue weighted by molar-refractivity contribution is -0.132. The van der Waals surface area contributed by atoms with Gasteiger partial charge in [0.05, 0.1) is 6.04 Å². The monoisotopic (exact) mass is 310 g/mol. The van der Waals surface area contributed by atoms with E-state index in [1.165, 1.54) is 10.6 Å². The molecule has 3 rings (SSSR count). The molecule has 5 nitrogen and oxygen atoms in total. The molecule has 0 saturated carbocycles. The summed E-state index contributed by atoms with van der Waals surface area (Å²) in [6.45, 7) is 1.92. The van der Waals surface area contributed by atoms with Crippen LogP contribution >= 0.6 is 0 Å². The van der Waals surface area contributed by atoms with Crippen molar-refractivity contribution in [3.63, 3.8) is 0 Å². The second-order valence-corrected chi connectivity index (χ2v) is 5.53. The van der Waals surface area contributed by atoms with Crippen LogP contribution in [0.5, 0.6) is 0 Å². The molecule has 0 radical (unpaired) electrons. The van der Waals surface area contributed by atoms with Gasteiger partial charge in [-0.1, -0.05) is 24.3 Å². The molecule has 2 aromatic heterocycles. The van der Waals surface area contributed by atoms with E-state index in [4.69, 9.17) is 4.42 Å². The van der Waals surface area contributed by atoms with E-state index in [1.807, 2.05) is 37.3 Å². The van der Waals surface area contributed by atoms with Crippen LogP contribution in [0.3, 0.4) is 0 Å². The summed E-state index contributed by atoms with van der Waals surface area (Å²) in [6.07, 6.45) is 1.61. The van der Waals surface area contributed by atoms with E-state index in [-0.39, 0.29) is 24.1 Å². The largest absolute Gasteiger partial charge is 0.459 e. The van der Waals surface area contributed by atoms with Crippen LogP contribution in [-0.4, -0.2) is 22.4 Å². The molecule has 0 saturated heterocycles. The third kappa shape index (κ3) is 3.04. The fourth-order valence-electron chi connectivity index (χ4n) is 2.46. The number of likely N-dealkylation sites (N-methyl/N-ethyl adjacent to an activating group) is 1. The molecular weight excluding hydrogens is 292 g/mol. The van der Waals surface area contributed by atoms with Crippen LogP contribution in [-0.2, 0) is 11.3 Å². The number of fused-ring (bicyclic) bond motifs is 1. The number of carbonyl (C=O) groups is 1. The summed E-state index contributed by atoms with van der Waals surface area (Å²) in [5, 5.41) is 1.01. The number of para-hydroxylation sites is 1. The fourth-order valence-corrected chi connectivity index (χ4v) is 2.46. The quantitative estimate of drug-likeness (QED) is 0.744. The van der Waals surface area contributed by atoms with Crippen molar-refractivity contribution in [2.45, 2.75) is 19.5 Å². The molecule has 118 valence electrons. The first kappa shape index (κ1) is 15.1. The zero-order valence-corrected chi connectivity index (χ0v) is 13.1. The number of pyridine rings is 1. The van der Waals surface area contributed by atoms with Crippen LogP contribution in [0.15, 0.2) is 63.9 Å². The Balaban J connectivity index is 1.78. The fraction of sp³-hybridized carbons (Fsp3) is 0.222. The highest BCUT2D eigenvalue weighted by Gasteiger charge is 2.21. The molecule has 23 heavy (non-hydrogen) atoms. The molecular formula is C18H18N2O3. The van der Waals surface area contributed by atoms with Crippen LogP contribution in [0.25, 0.3) is 11.0 Å². The predicted molar refractivity (Wildman–Crippen MR) is 88.1 cm³/mol. The second-order valence-electron chi connectivity index (χ2n) is 5.53. The van der Waals surface area contributed by atoms with Crippen molar-refractivity contribution in [3.8, 4) is 0 Å². The van der Waals surface area contributed by atoms with Crippen molar-refractivity contribution < 1.29 is 9.21 Å². The molecule has 0 spiro atoms. The van der Waals surface area contributed by atoms with Crippen molar-refractivity contribution in [2.75, 3.05) is 7.05 Å². The van der Waals surface area contributed by atoms with Gasteiger partial charge in [-0.15, -0.1) is 0 Å². The molecule has 1 aromatic carbocycles. The van der Waals surface area contributed by atoms with E-state index in [0.717, 1.165) is 16.7 Å². The van der Waals surface area contributed by atoms with Crippen molar-refractivity contribution >= 4 is 16.9 Å². The van der Waals surface area contributed by atoms with Gasteiger partial charge in [-0.05, 0) is 25.1 Å². The van der Waals surface area contributed by atoms with E-state index in [2.05, 4.69) is 0 Å². The first-order valence-corrected chi connectivity index (χ1v) is 7.46. The van der Waals surface area contributed by atoms with Crippen molar-refractivity contribution in [1.29, 1.82) is 0 Å². The van der Waals surface area contributed by atoms with Gasteiger partial charge in [0, 0.05) is 24.7 Å². The molecule has 0 bridgehead atoms. The Bertz CT molecular complexity index is 861. The van der Waals surface area contributed by atoms with Crippen molar-refractivity contribution in [1.82, 2.24) is 9.47 Å². The van der Waals surface area contributed by atoms with E-state index >= 15 is 0 Å². The molecule has 0 aliphatic rings. The highest BCUT2D eigenvalue weighted by Crippen LogP contribution is 2.26. The Kier molecular flexibility index (Phi) is 4.02. The average Bonchev–Trinajstić information content (AvgIpc) is 2.99. The molecule has 0 fully saturated rings. The summed E-state index contributed by atoms with van der Waals surface area (Å²) in [5.41, 5.74) is 0.611. The molecule has 0 aliphatic carbocycles. The van der Waals surface area contributed by atoms with E-state index in [0.29, 0.717) is 0 Å². The molecule has 5 heteroatoms. The molecule has 3 aromatic rings.